The van der Waals surface area contributed by atoms with Crippen molar-refractivity contribution in [1.29, 1.82) is 0 Å². The zero-order valence-corrected chi connectivity index (χ0v) is 21.8. The maximum absolute atomic E-state index is 13.4. The number of rotatable bonds is 7. The van der Waals surface area contributed by atoms with Gasteiger partial charge < -0.3 is 9.84 Å². The van der Waals surface area contributed by atoms with Gasteiger partial charge in [0.25, 0.3) is 0 Å². The lowest BCUT2D eigenvalue weighted by Gasteiger charge is -2.31. The molecule has 1 fully saturated rings. The molecular weight excluding hydrogens is 460 g/mol. The van der Waals surface area contributed by atoms with Crippen molar-refractivity contribution in [2.45, 2.75) is 46.2 Å². The molecule has 1 atom stereocenters. The number of carbonyl (C=O) groups is 1. The number of amides is 1. The molecule has 1 N–H and O–H groups in total. The van der Waals surface area contributed by atoms with Crippen LogP contribution in [0.4, 0.5) is 0 Å². The van der Waals surface area contributed by atoms with E-state index in [9.17, 15) is 4.79 Å². The molecule has 6 nitrogen and oxygen atoms in total. The van der Waals surface area contributed by atoms with Gasteiger partial charge in [-0.05, 0) is 69.0 Å². The molecular formula is C31H34N4O2. The molecule has 0 spiro atoms. The first-order chi connectivity index (χ1) is 18.0. The third-order valence-electron chi connectivity index (χ3n) is 7.33. The molecule has 1 aliphatic rings. The van der Waals surface area contributed by atoms with Gasteiger partial charge in [0.05, 0.1) is 12.6 Å². The van der Waals surface area contributed by atoms with Crippen molar-refractivity contribution in [3.8, 4) is 11.4 Å². The molecule has 0 bridgehead atoms. The van der Waals surface area contributed by atoms with E-state index in [-0.39, 0.29) is 17.9 Å². The second-order valence-corrected chi connectivity index (χ2v) is 10.1. The number of hydrogen-bond donors (Lipinski definition) is 1. The van der Waals surface area contributed by atoms with Gasteiger partial charge in [-0.1, -0.05) is 83.5 Å². The van der Waals surface area contributed by atoms with Crippen LogP contribution in [0.3, 0.4) is 0 Å². The van der Waals surface area contributed by atoms with Crippen LogP contribution in [0.5, 0.6) is 0 Å². The molecule has 1 amide bonds. The Kier molecular flexibility index (Phi) is 7.47. The van der Waals surface area contributed by atoms with Crippen LogP contribution in [-0.2, 0) is 11.3 Å². The first-order valence-electron chi connectivity index (χ1n) is 13.0. The van der Waals surface area contributed by atoms with E-state index in [1.54, 1.807) is 0 Å². The Morgan fingerprint density at radius 2 is 1.70 bits per heavy atom. The minimum atomic E-state index is -0.161. The van der Waals surface area contributed by atoms with Crippen molar-refractivity contribution >= 4 is 5.91 Å². The molecule has 0 saturated carbocycles. The van der Waals surface area contributed by atoms with E-state index in [1.165, 1.54) is 11.1 Å². The summed E-state index contributed by atoms with van der Waals surface area (Å²) in [6, 6.07) is 24.5. The second kappa shape index (κ2) is 11.1. The maximum Gasteiger partial charge on any atom is 0.241 e. The highest BCUT2D eigenvalue weighted by Gasteiger charge is 2.28. The maximum atomic E-state index is 13.4. The smallest absolute Gasteiger partial charge is 0.241 e. The number of likely N-dealkylation sites (tertiary alicyclic amines) is 1. The molecule has 2 heterocycles. The molecule has 1 aliphatic heterocycles. The molecule has 1 aromatic heterocycles. The van der Waals surface area contributed by atoms with Crippen LogP contribution in [0.1, 0.15) is 52.6 Å². The predicted molar refractivity (Wildman–Crippen MR) is 145 cm³/mol. The Morgan fingerprint density at radius 1 is 0.973 bits per heavy atom. The van der Waals surface area contributed by atoms with Gasteiger partial charge in [0.2, 0.25) is 17.6 Å². The largest absolute Gasteiger partial charge is 0.345 e. The van der Waals surface area contributed by atoms with Gasteiger partial charge in [-0.15, -0.1) is 0 Å². The Bertz CT molecular complexity index is 1360. The molecule has 37 heavy (non-hydrogen) atoms. The fourth-order valence-electron chi connectivity index (χ4n) is 5.19. The van der Waals surface area contributed by atoms with Gasteiger partial charge >= 0.3 is 0 Å². The summed E-state index contributed by atoms with van der Waals surface area (Å²) < 4.78 is 5.54. The number of benzene rings is 3. The topological polar surface area (TPSA) is 71.3 Å². The minimum Gasteiger partial charge on any atom is -0.345 e. The average Bonchev–Trinajstić information content (AvgIpc) is 3.37. The molecule has 0 aliphatic carbocycles. The zero-order chi connectivity index (χ0) is 25.8. The van der Waals surface area contributed by atoms with Crippen molar-refractivity contribution < 1.29 is 9.32 Å². The van der Waals surface area contributed by atoms with E-state index in [0.29, 0.717) is 18.3 Å². The van der Waals surface area contributed by atoms with Crippen LogP contribution in [0.15, 0.2) is 77.3 Å². The normalized spacial score (nSPS) is 15.4. The van der Waals surface area contributed by atoms with E-state index >= 15 is 0 Å². The summed E-state index contributed by atoms with van der Waals surface area (Å²) in [7, 11) is 0. The second-order valence-electron chi connectivity index (χ2n) is 10.1. The van der Waals surface area contributed by atoms with Crippen LogP contribution < -0.4 is 5.32 Å². The van der Waals surface area contributed by atoms with E-state index in [0.717, 1.165) is 48.2 Å². The van der Waals surface area contributed by atoms with Gasteiger partial charge in [-0.25, -0.2) is 0 Å². The predicted octanol–water partition coefficient (Wildman–Crippen LogP) is 5.78. The molecule has 1 saturated heterocycles. The molecule has 5 rings (SSSR count). The summed E-state index contributed by atoms with van der Waals surface area (Å²) in [6.07, 6.45) is 1.61. The van der Waals surface area contributed by atoms with E-state index in [2.05, 4.69) is 64.5 Å². The summed E-state index contributed by atoms with van der Waals surface area (Å²) in [5, 5.41) is 7.55. The van der Waals surface area contributed by atoms with Crippen molar-refractivity contribution in [2.75, 3.05) is 13.1 Å². The Balaban J connectivity index is 1.21. The van der Waals surface area contributed by atoms with Gasteiger partial charge in [0, 0.05) is 11.5 Å². The molecule has 6 heteroatoms. The van der Waals surface area contributed by atoms with Crippen LogP contribution in [0.2, 0.25) is 0 Å². The van der Waals surface area contributed by atoms with Gasteiger partial charge in [-0.3, -0.25) is 9.69 Å². The summed E-state index contributed by atoms with van der Waals surface area (Å²) >= 11 is 0. The monoisotopic (exact) mass is 494 g/mol. The Morgan fingerprint density at radius 3 is 2.43 bits per heavy atom. The molecule has 4 aromatic rings. The minimum absolute atomic E-state index is 0.0153. The molecule has 1 unspecified atom stereocenters. The van der Waals surface area contributed by atoms with Crippen molar-refractivity contribution in [1.82, 2.24) is 20.4 Å². The van der Waals surface area contributed by atoms with Crippen LogP contribution in [-0.4, -0.2) is 34.0 Å². The highest BCUT2D eigenvalue weighted by atomic mass is 16.5. The van der Waals surface area contributed by atoms with E-state index < -0.39 is 0 Å². The summed E-state index contributed by atoms with van der Waals surface area (Å²) in [6.45, 7) is 8.50. The fraction of sp³-hybridized carbons (Fsp3) is 0.323. The number of carbonyl (C=O) groups excluding carboxylic acids is 1. The first kappa shape index (κ1) is 24.9. The molecule has 3 aromatic carbocycles. The number of aromatic nitrogens is 2. The number of piperidine rings is 1. The van der Waals surface area contributed by atoms with Crippen molar-refractivity contribution in [3.05, 3.63) is 107 Å². The quantitative estimate of drug-likeness (QED) is 0.353. The van der Waals surface area contributed by atoms with Gasteiger partial charge in [0.15, 0.2) is 0 Å². The molecule has 0 radical (unpaired) electrons. The lowest BCUT2D eigenvalue weighted by atomic mass is 9.91. The fourth-order valence-corrected chi connectivity index (χ4v) is 5.19. The van der Waals surface area contributed by atoms with Crippen molar-refractivity contribution in [2.24, 2.45) is 5.92 Å². The van der Waals surface area contributed by atoms with E-state index in [1.807, 2.05) is 49.4 Å². The third-order valence-corrected chi connectivity index (χ3v) is 7.33. The highest BCUT2D eigenvalue weighted by Crippen LogP contribution is 2.28. The Hall–Kier alpha value is -3.77. The van der Waals surface area contributed by atoms with Crippen LogP contribution in [0, 0.1) is 26.7 Å². The van der Waals surface area contributed by atoms with Crippen LogP contribution in [0.25, 0.3) is 11.4 Å². The number of hydrogen-bond acceptors (Lipinski definition) is 5. The lowest BCUT2D eigenvalue weighted by Crippen LogP contribution is -2.41. The average molecular weight is 495 g/mol. The number of nitrogens with one attached hydrogen (secondary N) is 1. The molecule has 190 valence electrons. The van der Waals surface area contributed by atoms with Gasteiger partial charge in [-0.2, -0.15) is 4.98 Å². The van der Waals surface area contributed by atoms with Crippen molar-refractivity contribution in [3.63, 3.8) is 0 Å². The number of aryl methyl sites for hydroxylation is 3. The van der Waals surface area contributed by atoms with Gasteiger partial charge in [0.1, 0.15) is 0 Å². The van der Waals surface area contributed by atoms with E-state index in [4.69, 9.17) is 4.52 Å². The van der Waals surface area contributed by atoms with Crippen LogP contribution >= 0.6 is 0 Å². The Labute approximate surface area is 218 Å². The summed E-state index contributed by atoms with van der Waals surface area (Å²) in [5.74, 6) is 1.34. The zero-order valence-electron chi connectivity index (χ0n) is 21.8. The lowest BCUT2D eigenvalue weighted by molar-refractivity contribution is -0.127. The summed E-state index contributed by atoms with van der Waals surface area (Å²) in [5.41, 5.74) is 6.76. The third kappa shape index (κ3) is 5.81. The standard InChI is InChI=1S/C31H34N4O2/c1-21-13-14-26(23(3)19-21)29(24-10-5-4-6-11-24)33-31(36)25-15-17-35(18-16-25)20-28-32-30(34-37-28)27-12-8-7-9-22(27)2/h4-14,19,25,29H,15-18,20H2,1-3H3,(H,33,36). The summed E-state index contributed by atoms with van der Waals surface area (Å²) in [4.78, 5) is 20.3. The highest BCUT2D eigenvalue weighted by molar-refractivity contribution is 5.79. The number of nitrogens with zero attached hydrogens (tertiary/aromatic N) is 3. The first-order valence-corrected chi connectivity index (χ1v) is 13.0. The SMILES string of the molecule is Cc1ccc(C(NC(=O)C2CCN(Cc3nc(-c4ccccc4C)no3)CC2)c2ccccc2)c(C)c1.